The van der Waals surface area contributed by atoms with Gasteiger partial charge in [-0.25, -0.2) is 4.79 Å². The first-order chi connectivity index (χ1) is 10.9. The number of anilines is 1. The van der Waals surface area contributed by atoms with E-state index in [4.69, 9.17) is 4.74 Å². The van der Waals surface area contributed by atoms with E-state index in [-0.39, 0.29) is 11.9 Å². The third-order valence-electron chi connectivity index (χ3n) is 4.08. The molecule has 0 bridgehead atoms. The molecule has 0 unspecified atom stereocenters. The molecule has 0 aliphatic carbocycles. The van der Waals surface area contributed by atoms with Gasteiger partial charge >= 0.3 is 6.09 Å². The zero-order valence-electron chi connectivity index (χ0n) is 14.3. The van der Waals surface area contributed by atoms with E-state index in [1.165, 1.54) is 10.5 Å². The van der Waals surface area contributed by atoms with Gasteiger partial charge in [0.05, 0.1) is 20.1 Å². The maximum Gasteiger partial charge on any atom is 0.407 e. The number of nitrogens with one attached hydrogen (secondary N) is 2. The Kier molecular flexibility index (Phi) is 5.60. The molecule has 6 heteroatoms. The molecule has 2 amide bonds. The van der Waals surface area contributed by atoms with Gasteiger partial charge in [-0.3, -0.25) is 4.79 Å². The monoisotopic (exact) mass is 320 g/mol. The highest BCUT2D eigenvalue weighted by Crippen LogP contribution is 2.24. The summed E-state index contributed by atoms with van der Waals surface area (Å²) >= 11 is 0. The fourth-order valence-electron chi connectivity index (χ4n) is 2.50. The number of nitrogens with zero attached hydrogens (tertiary/aromatic N) is 1. The van der Waals surface area contributed by atoms with Gasteiger partial charge in [0.2, 0.25) is 5.91 Å². The molecule has 1 aromatic carbocycles. The van der Waals surface area contributed by atoms with Crippen LogP contribution in [0.1, 0.15) is 17.5 Å². The van der Waals surface area contributed by atoms with Crippen LogP contribution < -0.4 is 15.1 Å². The van der Waals surface area contributed by atoms with Crippen LogP contribution in [0.4, 0.5) is 10.5 Å². The summed E-state index contributed by atoms with van der Waals surface area (Å²) in [4.78, 5) is 26.9. The van der Waals surface area contributed by atoms with Crippen LogP contribution in [-0.4, -0.2) is 51.8 Å². The van der Waals surface area contributed by atoms with Crippen molar-refractivity contribution in [2.75, 3.05) is 38.7 Å². The lowest BCUT2D eigenvalue weighted by Crippen LogP contribution is -3.06. The van der Waals surface area contributed by atoms with Crippen LogP contribution in [0.3, 0.4) is 0 Å². The Labute approximate surface area is 137 Å². The molecule has 1 atom stereocenters. The maximum atomic E-state index is 12.2. The van der Waals surface area contributed by atoms with Crippen molar-refractivity contribution in [2.45, 2.75) is 26.3 Å². The third kappa shape index (κ3) is 4.69. The predicted molar refractivity (Wildman–Crippen MR) is 88.8 cm³/mol. The number of hydrogen-bond donors (Lipinski definition) is 2. The van der Waals surface area contributed by atoms with Crippen molar-refractivity contribution in [3.05, 3.63) is 29.3 Å². The second kappa shape index (κ2) is 7.46. The molecule has 0 spiro atoms. The van der Waals surface area contributed by atoms with Gasteiger partial charge in [-0.15, -0.1) is 0 Å². The van der Waals surface area contributed by atoms with Gasteiger partial charge in [0.15, 0.2) is 0 Å². The standard InChI is InChI=1S/C17H25N3O3/c1-12-5-6-15(9-13(12)2)20-11-14(10-16(20)21)18-17(22)23-8-7-19(3)4/h5-6,9,14H,7-8,10-11H2,1-4H3,(H,18,22)/p+1/t14-/m0/s1. The minimum Gasteiger partial charge on any atom is -0.444 e. The quantitative estimate of drug-likeness (QED) is 0.819. The molecular weight excluding hydrogens is 294 g/mol. The van der Waals surface area contributed by atoms with Crippen LogP contribution in [0, 0.1) is 13.8 Å². The summed E-state index contributed by atoms with van der Waals surface area (Å²) in [6, 6.07) is 5.76. The van der Waals surface area contributed by atoms with Crippen LogP contribution in [0.5, 0.6) is 0 Å². The zero-order valence-corrected chi connectivity index (χ0v) is 14.3. The van der Waals surface area contributed by atoms with Gasteiger partial charge < -0.3 is 19.9 Å². The Bertz CT molecular complexity index is 586. The molecule has 1 aliphatic heterocycles. The molecule has 0 radical (unpaired) electrons. The van der Waals surface area contributed by atoms with Gasteiger partial charge in [0.1, 0.15) is 13.2 Å². The minimum atomic E-state index is -0.453. The molecular formula is C17H26N3O3+. The highest BCUT2D eigenvalue weighted by molar-refractivity contribution is 5.96. The number of alkyl carbamates (subject to hydrolysis) is 1. The summed E-state index contributed by atoms with van der Waals surface area (Å²) in [6.07, 6.45) is -0.146. The molecule has 1 aliphatic rings. The number of likely N-dealkylation sites (N-methyl/N-ethyl adjacent to an activating group) is 1. The maximum absolute atomic E-state index is 12.2. The average molecular weight is 320 g/mol. The summed E-state index contributed by atoms with van der Waals surface area (Å²) in [5.74, 6) is 0.0243. The molecule has 1 heterocycles. The second-order valence-corrected chi connectivity index (χ2v) is 6.41. The van der Waals surface area contributed by atoms with Crippen molar-refractivity contribution in [1.82, 2.24) is 5.32 Å². The van der Waals surface area contributed by atoms with Crippen molar-refractivity contribution < 1.29 is 19.2 Å². The number of benzene rings is 1. The Morgan fingerprint density at radius 3 is 2.74 bits per heavy atom. The molecule has 2 N–H and O–H groups in total. The largest absolute Gasteiger partial charge is 0.444 e. The first-order valence-electron chi connectivity index (χ1n) is 7.96. The molecule has 0 aromatic heterocycles. The summed E-state index contributed by atoms with van der Waals surface area (Å²) in [7, 11) is 4.00. The van der Waals surface area contributed by atoms with Crippen LogP contribution in [0.15, 0.2) is 18.2 Å². The smallest absolute Gasteiger partial charge is 0.407 e. The second-order valence-electron chi connectivity index (χ2n) is 6.41. The molecule has 1 fully saturated rings. The van der Waals surface area contributed by atoms with E-state index < -0.39 is 6.09 Å². The number of amides is 2. The lowest BCUT2D eigenvalue weighted by Gasteiger charge is -2.18. The zero-order chi connectivity index (χ0) is 17.0. The van der Waals surface area contributed by atoms with Crippen LogP contribution in [0.25, 0.3) is 0 Å². The van der Waals surface area contributed by atoms with E-state index in [1.54, 1.807) is 4.90 Å². The molecule has 1 aromatic rings. The number of carbonyl (C=O) groups excluding carboxylic acids is 2. The lowest BCUT2D eigenvalue weighted by molar-refractivity contribution is -0.858. The van der Waals surface area contributed by atoms with Crippen molar-refractivity contribution in [3.8, 4) is 0 Å². The Morgan fingerprint density at radius 1 is 1.35 bits per heavy atom. The molecule has 0 saturated carbocycles. The van der Waals surface area contributed by atoms with Crippen molar-refractivity contribution >= 4 is 17.7 Å². The van der Waals surface area contributed by atoms with Gasteiger partial charge in [0, 0.05) is 18.7 Å². The fourth-order valence-corrected chi connectivity index (χ4v) is 2.50. The highest BCUT2D eigenvalue weighted by Gasteiger charge is 2.32. The summed E-state index contributed by atoms with van der Waals surface area (Å²) in [5.41, 5.74) is 3.23. The number of rotatable bonds is 5. The summed E-state index contributed by atoms with van der Waals surface area (Å²) in [5, 5.41) is 2.78. The SMILES string of the molecule is Cc1ccc(N2C[C@@H](NC(=O)OCC[NH+](C)C)CC2=O)cc1C. The number of carbonyl (C=O) groups is 2. The molecule has 126 valence electrons. The summed E-state index contributed by atoms with van der Waals surface area (Å²) < 4.78 is 5.13. The number of quaternary nitrogens is 1. The van der Waals surface area contributed by atoms with E-state index in [0.717, 1.165) is 17.8 Å². The van der Waals surface area contributed by atoms with Crippen LogP contribution in [0.2, 0.25) is 0 Å². The van der Waals surface area contributed by atoms with E-state index in [9.17, 15) is 9.59 Å². The third-order valence-corrected chi connectivity index (χ3v) is 4.08. The number of hydrogen-bond acceptors (Lipinski definition) is 3. The summed E-state index contributed by atoms with van der Waals surface area (Å²) in [6.45, 7) is 5.68. The first kappa shape index (κ1) is 17.3. The van der Waals surface area contributed by atoms with Gasteiger partial charge in [-0.05, 0) is 37.1 Å². The van der Waals surface area contributed by atoms with E-state index in [1.807, 2.05) is 46.1 Å². The van der Waals surface area contributed by atoms with Crippen LogP contribution >= 0.6 is 0 Å². The van der Waals surface area contributed by atoms with Gasteiger partial charge in [-0.2, -0.15) is 0 Å². The molecule has 6 nitrogen and oxygen atoms in total. The van der Waals surface area contributed by atoms with Crippen molar-refractivity contribution in [3.63, 3.8) is 0 Å². The minimum absolute atomic E-state index is 0.0243. The number of ether oxygens (including phenoxy) is 1. The van der Waals surface area contributed by atoms with E-state index >= 15 is 0 Å². The highest BCUT2D eigenvalue weighted by atomic mass is 16.5. The van der Waals surface area contributed by atoms with Crippen molar-refractivity contribution in [1.29, 1.82) is 0 Å². The Hall–Kier alpha value is -2.08. The lowest BCUT2D eigenvalue weighted by atomic mass is 10.1. The van der Waals surface area contributed by atoms with E-state index in [0.29, 0.717) is 19.6 Å². The number of aryl methyl sites for hydroxylation is 2. The average Bonchev–Trinajstić information content (AvgIpc) is 2.82. The van der Waals surface area contributed by atoms with Gasteiger partial charge in [-0.1, -0.05) is 6.07 Å². The Morgan fingerprint density at radius 2 is 2.09 bits per heavy atom. The van der Waals surface area contributed by atoms with E-state index in [2.05, 4.69) is 5.32 Å². The molecule has 23 heavy (non-hydrogen) atoms. The topological polar surface area (TPSA) is 63.1 Å². The predicted octanol–water partition coefficient (Wildman–Crippen LogP) is 0.279. The molecule has 1 saturated heterocycles. The fraction of sp³-hybridized carbons (Fsp3) is 0.529. The van der Waals surface area contributed by atoms with Crippen molar-refractivity contribution in [2.24, 2.45) is 0 Å². The molecule has 2 rings (SSSR count). The Balaban J connectivity index is 1.89. The van der Waals surface area contributed by atoms with Gasteiger partial charge in [0.25, 0.3) is 0 Å². The van der Waals surface area contributed by atoms with Crippen LogP contribution in [-0.2, 0) is 9.53 Å². The first-order valence-corrected chi connectivity index (χ1v) is 7.96. The normalized spacial score (nSPS) is 17.7.